The van der Waals surface area contributed by atoms with E-state index in [0.717, 1.165) is 24.8 Å². The molecule has 0 fully saturated rings. The molecule has 3 nitrogen and oxygen atoms in total. The smallest absolute Gasteiger partial charge is 0.303 e. The molecule has 0 bridgehead atoms. The van der Waals surface area contributed by atoms with E-state index >= 15 is 0 Å². The highest BCUT2D eigenvalue weighted by Gasteiger charge is 2.23. The van der Waals surface area contributed by atoms with Gasteiger partial charge in [-0.2, -0.15) is 0 Å². The molecule has 3 heteroatoms. The Morgan fingerprint density at radius 2 is 1.85 bits per heavy atom. The van der Waals surface area contributed by atoms with Crippen LogP contribution in [0, 0.1) is 0 Å². The van der Waals surface area contributed by atoms with Gasteiger partial charge in [0.1, 0.15) is 0 Å². The largest absolute Gasteiger partial charge is 0.453 e. The van der Waals surface area contributed by atoms with Gasteiger partial charge in [-0.15, -0.1) is 0 Å². The average Bonchev–Trinajstić information content (AvgIpc) is 2.45. The van der Waals surface area contributed by atoms with Crippen LogP contribution < -0.4 is 0 Å². The number of esters is 1. The number of ketones is 1. The third kappa shape index (κ3) is 5.00. The minimum absolute atomic E-state index is 0.0337. The number of carbonyl (C=O) groups is 2. The van der Waals surface area contributed by atoms with Gasteiger partial charge >= 0.3 is 5.97 Å². The number of hydrogen-bond acceptors (Lipinski definition) is 3. The molecule has 0 radical (unpaired) electrons. The lowest BCUT2D eigenvalue weighted by Gasteiger charge is -2.19. The predicted octanol–water partition coefficient (Wildman–Crippen LogP) is 4.00. The van der Waals surface area contributed by atoms with Crippen LogP contribution in [0.1, 0.15) is 51.2 Å². The summed E-state index contributed by atoms with van der Waals surface area (Å²) < 4.78 is 5.27. The second-order valence-corrected chi connectivity index (χ2v) is 4.81. The summed E-state index contributed by atoms with van der Waals surface area (Å²) in [5, 5.41) is 0. The van der Waals surface area contributed by atoms with Crippen LogP contribution in [-0.2, 0) is 14.3 Å². The zero-order valence-electron chi connectivity index (χ0n) is 12.2. The summed E-state index contributed by atoms with van der Waals surface area (Å²) in [5.41, 5.74) is 1.12. The van der Waals surface area contributed by atoms with E-state index in [9.17, 15) is 9.59 Å². The van der Waals surface area contributed by atoms with Crippen molar-refractivity contribution in [3.8, 4) is 0 Å². The Balaban J connectivity index is 2.80. The van der Waals surface area contributed by atoms with Gasteiger partial charge in [0.25, 0.3) is 0 Å². The first-order chi connectivity index (χ1) is 9.56. The third-order valence-corrected chi connectivity index (χ3v) is 3.07. The highest BCUT2D eigenvalue weighted by molar-refractivity contribution is 5.96. The van der Waals surface area contributed by atoms with Crippen molar-refractivity contribution >= 4 is 11.8 Å². The van der Waals surface area contributed by atoms with E-state index < -0.39 is 12.1 Å². The SMILES string of the molecule is C=C(C(=O)CCCCC)C(OC(C)=O)c1ccccc1. The molecule has 1 unspecified atom stereocenters. The van der Waals surface area contributed by atoms with Gasteiger partial charge in [0.15, 0.2) is 11.9 Å². The summed E-state index contributed by atoms with van der Waals surface area (Å²) in [4.78, 5) is 23.4. The fourth-order valence-corrected chi connectivity index (χ4v) is 1.98. The molecule has 1 aromatic rings. The monoisotopic (exact) mass is 274 g/mol. The number of hydrogen-bond donors (Lipinski definition) is 0. The molecular weight excluding hydrogens is 252 g/mol. The number of ether oxygens (including phenoxy) is 1. The molecule has 0 aliphatic heterocycles. The number of benzene rings is 1. The first kappa shape index (κ1) is 16.2. The molecule has 108 valence electrons. The maximum atomic E-state index is 12.1. The van der Waals surface area contributed by atoms with E-state index in [1.807, 2.05) is 30.3 Å². The summed E-state index contributed by atoms with van der Waals surface area (Å²) in [7, 11) is 0. The highest BCUT2D eigenvalue weighted by atomic mass is 16.5. The van der Waals surface area contributed by atoms with Crippen LogP contribution in [0.3, 0.4) is 0 Å². The van der Waals surface area contributed by atoms with E-state index in [0.29, 0.717) is 12.0 Å². The normalized spacial score (nSPS) is 11.7. The molecule has 0 saturated carbocycles. The zero-order chi connectivity index (χ0) is 15.0. The topological polar surface area (TPSA) is 43.4 Å². The summed E-state index contributed by atoms with van der Waals surface area (Å²) in [6.45, 7) is 7.26. The summed E-state index contributed by atoms with van der Waals surface area (Å²) >= 11 is 0. The van der Waals surface area contributed by atoms with Crippen molar-refractivity contribution in [1.29, 1.82) is 0 Å². The van der Waals surface area contributed by atoms with Gasteiger partial charge in [-0.1, -0.05) is 56.7 Å². The summed E-state index contributed by atoms with van der Waals surface area (Å²) in [6.07, 6.45) is 2.70. The van der Waals surface area contributed by atoms with Crippen LogP contribution in [0.2, 0.25) is 0 Å². The molecule has 1 rings (SSSR count). The minimum atomic E-state index is -0.678. The first-order valence-electron chi connectivity index (χ1n) is 7.00. The third-order valence-electron chi connectivity index (χ3n) is 3.07. The van der Waals surface area contributed by atoms with Gasteiger partial charge in [0.2, 0.25) is 0 Å². The zero-order valence-corrected chi connectivity index (χ0v) is 12.2. The van der Waals surface area contributed by atoms with Gasteiger partial charge in [-0.25, -0.2) is 0 Å². The summed E-state index contributed by atoms with van der Waals surface area (Å²) in [5.74, 6) is -0.449. The Kier molecular flexibility index (Phi) is 6.71. The summed E-state index contributed by atoms with van der Waals surface area (Å²) in [6, 6.07) is 9.23. The lowest BCUT2D eigenvalue weighted by Crippen LogP contribution is -2.16. The van der Waals surface area contributed by atoms with Crippen LogP contribution in [0.25, 0.3) is 0 Å². The molecule has 0 saturated heterocycles. The molecule has 0 heterocycles. The number of carbonyl (C=O) groups excluding carboxylic acids is 2. The Morgan fingerprint density at radius 3 is 2.40 bits per heavy atom. The van der Waals surface area contributed by atoms with Gasteiger partial charge in [0, 0.05) is 18.9 Å². The second kappa shape index (κ2) is 8.31. The fraction of sp³-hybridized carbons (Fsp3) is 0.412. The molecule has 0 aliphatic rings. The van der Waals surface area contributed by atoms with E-state index in [2.05, 4.69) is 13.5 Å². The van der Waals surface area contributed by atoms with Crippen LogP contribution in [-0.4, -0.2) is 11.8 Å². The van der Waals surface area contributed by atoms with Crippen molar-refractivity contribution < 1.29 is 14.3 Å². The Bertz CT molecular complexity index is 462. The predicted molar refractivity (Wildman–Crippen MR) is 79.2 cm³/mol. The Hall–Kier alpha value is -1.90. The Morgan fingerprint density at radius 1 is 1.20 bits per heavy atom. The van der Waals surface area contributed by atoms with Crippen LogP contribution in [0.4, 0.5) is 0 Å². The van der Waals surface area contributed by atoms with Gasteiger partial charge in [-0.3, -0.25) is 9.59 Å². The first-order valence-corrected chi connectivity index (χ1v) is 7.00. The van der Waals surface area contributed by atoms with Gasteiger partial charge in [-0.05, 0) is 12.0 Å². The van der Waals surface area contributed by atoms with Crippen molar-refractivity contribution in [2.45, 2.75) is 45.6 Å². The molecule has 0 aliphatic carbocycles. The maximum Gasteiger partial charge on any atom is 0.303 e. The van der Waals surface area contributed by atoms with E-state index in [-0.39, 0.29) is 5.78 Å². The molecule has 0 amide bonds. The molecule has 1 atom stereocenters. The molecular formula is C17H22O3. The Labute approximate surface area is 120 Å². The van der Waals surface area contributed by atoms with Crippen LogP contribution in [0.5, 0.6) is 0 Å². The van der Waals surface area contributed by atoms with E-state index in [4.69, 9.17) is 4.74 Å². The van der Waals surface area contributed by atoms with Crippen LogP contribution in [0.15, 0.2) is 42.5 Å². The van der Waals surface area contributed by atoms with Gasteiger partial charge in [0.05, 0.1) is 0 Å². The number of Topliss-reactive ketones (excluding diaryl/α,β-unsaturated/α-hetero) is 1. The second-order valence-electron chi connectivity index (χ2n) is 4.81. The average molecular weight is 274 g/mol. The maximum absolute atomic E-state index is 12.1. The lowest BCUT2D eigenvalue weighted by molar-refractivity contribution is -0.145. The molecule has 0 N–H and O–H groups in total. The van der Waals surface area contributed by atoms with Crippen LogP contribution >= 0.6 is 0 Å². The molecule has 0 aromatic heterocycles. The van der Waals surface area contributed by atoms with Crippen molar-refractivity contribution in [2.24, 2.45) is 0 Å². The van der Waals surface area contributed by atoms with Crippen molar-refractivity contribution in [1.82, 2.24) is 0 Å². The van der Waals surface area contributed by atoms with Crippen molar-refractivity contribution in [3.63, 3.8) is 0 Å². The fourth-order valence-electron chi connectivity index (χ4n) is 1.98. The van der Waals surface area contributed by atoms with E-state index in [1.165, 1.54) is 6.92 Å². The standard InChI is InChI=1S/C17H22O3/c1-4-5-7-12-16(19)13(2)17(20-14(3)18)15-10-8-6-9-11-15/h6,8-11,17H,2,4-5,7,12H2,1,3H3. The van der Waals surface area contributed by atoms with Crippen molar-refractivity contribution in [3.05, 3.63) is 48.0 Å². The highest BCUT2D eigenvalue weighted by Crippen LogP contribution is 2.26. The number of rotatable bonds is 8. The quantitative estimate of drug-likeness (QED) is 0.409. The molecule has 20 heavy (non-hydrogen) atoms. The van der Waals surface area contributed by atoms with E-state index in [1.54, 1.807) is 0 Å². The van der Waals surface area contributed by atoms with Gasteiger partial charge < -0.3 is 4.74 Å². The minimum Gasteiger partial charge on any atom is -0.453 e. The molecule has 0 spiro atoms. The lowest BCUT2D eigenvalue weighted by atomic mass is 9.96. The van der Waals surface area contributed by atoms with Crippen molar-refractivity contribution in [2.75, 3.05) is 0 Å². The molecule has 1 aromatic carbocycles. The number of unbranched alkanes of at least 4 members (excludes halogenated alkanes) is 2.